The third-order valence-corrected chi connectivity index (χ3v) is 6.15. The van der Waals surface area contributed by atoms with Crippen LogP contribution in [0.5, 0.6) is 0 Å². The quantitative estimate of drug-likeness (QED) is 0.583. The fourth-order valence-corrected chi connectivity index (χ4v) is 4.43. The molecule has 3 heterocycles. The molecule has 1 aliphatic rings. The van der Waals surface area contributed by atoms with Gasteiger partial charge in [0, 0.05) is 11.9 Å². The summed E-state index contributed by atoms with van der Waals surface area (Å²) in [5, 5.41) is 13.9. The number of thiophene rings is 1. The standard InChI is InChI=1S/C22H22N4O3S/c1-22(2,29)13-6-4-12(5-7-13)17-10-15(19(23)27)20(30-17)25-18-9-8-14-16(24-18)11-26(3)21(14)28/h4-10,29H,11H2,1-3H3,(H2,23,27)(H,24,25). The Labute approximate surface area is 178 Å². The number of pyridine rings is 1. The van der Waals surface area contributed by atoms with Crippen LogP contribution in [-0.4, -0.2) is 33.9 Å². The van der Waals surface area contributed by atoms with Crippen LogP contribution in [0.15, 0.2) is 42.5 Å². The van der Waals surface area contributed by atoms with Crippen molar-refractivity contribution >= 4 is 34.0 Å². The highest BCUT2D eigenvalue weighted by Gasteiger charge is 2.26. The second-order valence-corrected chi connectivity index (χ2v) is 8.88. The van der Waals surface area contributed by atoms with Crippen molar-refractivity contribution in [2.45, 2.75) is 26.0 Å². The number of nitrogens with one attached hydrogen (secondary N) is 1. The van der Waals surface area contributed by atoms with E-state index in [4.69, 9.17) is 5.73 Å². The Morgan fingerprint density at radius 1 is 1.23 bits per heavy atom. The van der Waals surface area contributed by atoms with Crippen molar-refractivity contribution in [1.82, 2.24) is 9.88 Å². The number of nitrogens with zero attached hydrogens (tertiary/aromatic N) is 2. The van der Waals surface area contributed by atoms with Crippen molar-refractivity contribution < 1.29 is 14.7 Å². The van der Waals surface area contributed by atoms with E-state index in [1.165, 1.54) is 11.3 Å². The van der Waals surface area contributed by atoms with Crippen LogP contribution in [0, 0.1) is 0 Å². The molecule has 4 rings (SSSR count). The van der Waals surface area contributed by atoms with E-state index < -0.39 is 11.5 Å². The molecule has 0 unspecified atom stereocenters. The van der Waals surface area contributed by atoms with Gasteiger partial charge in [-0.1, -0.05) is 24.3 Å². The molecule has 0 saturated carbocycles. The zero-order valence-corrected chi connectivity index (χ0v) is 17.7. The van der Waals surface area contributed by atoms with Gasteiger partial charge in [0.2, 0.25) is 0 Å². The highest BCUT2D eigenvalue weighted by Crippen LogP contribution is 2.37. The lowest BCUT2D eigenvalue weighted by molar-refractivity contribution is 0.0785. The Bertz CT molecular complexity index is 1150. The number of benzene rings is 1. The molecule has 0 fully saturated rings. The van der Waals surface area contributed by atoms with Crippen molar-refractivity contribution in [3.05, 3.63) is 64.8 Å². The molecule has 3 aromatic rings. The van der Waals surface area contributed by atoms with Crippen molar-refractivity contribution in [3.63, 3.8) is 0 Å². The van der Waals surface area contributed by atoms with Crippen LogP contribution in [-0.2, 0) is 12.1 Å². The van der Waals surface area contributed by atoms with Gasteiger partial charge in [0.25, 0.3) is 11.8 Å². The molecule has 0 bridgehead atoms. The van der Waals surface area contributed by atoms with Gasteiger partial charge in [0.15, 0.2) is 0 Å². The molecule has 0 spiro atoms. The lowest BCUT2D eigenvalue weighted by Gasteiger charge is -2.17. The molecule has 2 aromatic heterocycles. The molecule has 30 heavy (non-hydrogen) atoms. The molecule has 0 saturated heterocycles. The summed E-state index contributed by atoms with van der Waals surface area (Å²) in [6, 6.07) is 12.7. The fourth-order valence-electron chi connectivity index (χ4n) is 3.36. The summed E-state index contributed by atoms with van der Waals surface area (Å²) in [4.78, 5) is 31.0. The third kappa shape index (κ3) is 3.67. The van der Waals surface area contributed by atoms with Gasteiger partial charge in [-0.25, -0.2) is 4.98 Å². The summed E-state index contributed by atoms with van der Waals surface area (Å²) in [7, 11) is 1.73. The Morgan fingerprint density at radius 2 is 1.93 bits per heavy atom. The second kappa shape index (κ2) is 7.23. The predicted molar refractivity (Wildman–Crippen MR) is 117 cm³/mol. The minimum absolute atomic E-state index is 0.0465. The molecule has 1 aliphatic heterocycles. The van der Waals surface area contributed by atoms with Crippen molar-refractivity contribution in [1.29, 1.82) is 0 Å². The monoisotopic (exact) mass is 422 g/mol. The molecule has 154 valence electrons. The highest BCUT2D eigenvalue weighted by molar-refractivity contribution is 7.19. The molecular formula is C22H22N4O3S. The lowest BCUT2D eigenvalue weighted by Crippen LogP contribution is -2.17. The van der Waals surface area contributed by atoms with Crippen LogP contribution >= 0.6 is 11.3 Å². The summed E-state index contributed by atoms with van der Waals surface area (Å²) in [6.45, 7) is 3.92. The van der Waals surface area contributed by atoms with E-state index in [1.54, 1.807) is 44.0 Å². The number of hydrogen-bond acceptors (Lipinski definition) is 6. The largest absolute Gasteiger partial charge is 0.386 e. The summed E-state index contributed by atoms with van der Waals surface area (Å²) < 4.78 is 0. The minimum Gasteiger partial charge on any atom is -0.386 e. The van der Waals surface area contributed by atoms with Gasteiger partial charge in [-0.2, -0.15) is 0 Å². The van der Waals surface area contributed by atoms with Crippen LogP contribution in [0.25, 0.3) is 10.4 Å². The van der Waals surface area contributed by atoms with Crippen molar-refractivity contribution in [3.8, 4) is 10.4 Å². The predicted octanol–water partition coefficient (Wildman–Crippen LogP) is 3.47. The SMILES string of the molecule is CN1Cc2nc(Nc3sc(-c4ccc(C(C)(C)O)cc4)cc3C(N)=O)ccc2C1=O. The van der Waals surface area contributed by atoms with Crippen LogP contribution in [0.3, 0.4) is 0 Å². The van der Waals surface area contributed by atoms with Gasteiger partial charge in [0.05, 0.1) is 29.0 Å². The lowest BCUT2D eigenvalue weighted by atomic mass is 9.97. The maximum atomic E-state index is 12.0. The molecule has 4 N–H and O–H groups in total. The average molecular weight is 423 g/mol. The number of anilines is 2. The van der Waals surface area contributed by atoms with E-state index in [1.807, 2.05) is 24.3 Å². The zero-order valence-electron chi connectivity index (χ0n) is 16.9. The average Bonchev–Trinajstić information content (AvgIpc) is 3.22. The van der Waals surface area contributed by atoms with Gasteiger partial charge in [-0.3, -0.25) is 9.59 Å². The molecule has 0 atom stereocenters. The van der Waals surface area contributed by atoms with E-state index in [0.29, 0.717) is 34.2 Å². The minimum atomic E-state index is -0.923. The normalized spacial score (nSPS) is 13.5. The smallest absolute Gasteiger partial charge is 0.255 e. The molecular weight excluding hydrogens is 400 g/mol. The van der Waals surface area contributed by atoms with E-state index in [2.05, 4.69) is 10.3 Å². The maximum Gasteiger partial charge on any atom is 0.255 e. The van der Waals surface area contributed by atoms with Crippen LogP contribution in [0.4, 0.5) is 10.8 Å². The Hall–Kier alpha value is -3.23. The van der Waals surface area contributed by atoms with Gasteiger partial charge in [-0.05, 0) is 43.2 Å². The second-order valence-electron chi connectivity index (χ2n) is 7.83. The molecule has 2 amide bonds. The van der Waals surface area contributed by atoms with E-state index in [-0.39, 0.29) is 5.91 Å². The molecule has 7 nitrogen and oxygen atoms in total. The molecule has 8 heteroatoms. The maximum absolute atomic E-state index is 12.0. The number of nitrogens with two attached hydrogens (primary N) is 1. The van der Waals surface area contributed by atoms with Gasteiger partial charge >= 0.3 is 0 Å². The number of aliphatic hydroxyl groups is 1. The van der Waals surface area contributed by atoms with Crippen molar-refractivity contribution in [2.75, 3.05) is 12.4 Å². The van der Waals surface area contributed by atoms with E-state index >= 15 is 0 Å². The number of fused-ring (bicyclic) bond motifs is 1. The van der Waals surface area contributed by atoms with Crippen LogP contribution < -0.4 is 11.1 Å². The number of carbonyl (C=O) groups excluding carboxylic acids is 2. The summed E-state index contributed by atoms with van der Waals surface area (Å²) >= 11 is 1.39. The van der Waals surface area contributed by atoms with Crippen LogP contribution in [0.1, 0.15) is 45.8 Å². The number of primary amides is 1. The zero-order chi connectivity index (χ0) is 21.6. The number of carbonyl (C=O) groups is 2. The van der Waals surface area contributed by atoms with E-state index in [0.717, 1.165) is 16.0 Å². The Morgan fingerprint density at radius 3 is 2.57 bits per heavy atom. The topological polar surface area (TPSA) is 109 Å². The number of aromatic nitrogens is 1. The number of hydrogen-bond donors (Lipinski definition) is 3. The Kier molecular flexibility index (Phi) is 4.83. The van der Waals surface area contributed by atoms with Crippen LogP contribution in [0.2, 0.25) is 0 Å². The first-order valence-electron chi connectivity index (χ1n) is 9.43. The number of amides is 2. The molecule has 1 aromatic carbocycles. The van der Waals surface area contributed by atoms with Gasteiger partial charge < -0.3 is 21.1 Å². The van der Waals surface area contributed by atoms with Gasteiger partial charge in [0.1, 0.15) is 10.8 Å². The fraction of sp³-hybridized carbons (Fsp3) is 0.227. The summed E-state index contributed by atoms with van der Waals surface area (Å²) in [5.41, 5.74) is 8.05. The molecule has 0 aliphatic carbocycles. The third-order valence-electron chi connectivity index (χ3n) is 5.05. The summed E-state index contributed by atoms with van der Waals surface area (Å²) in [5.74, 6) is -0.0379. The first-order valence-corrected chi connectivity index (χ1v) is 10.2. The van der Waals surface area contributed by atoms with E-state index in [9.17, 15) is 14.7 Å². The first-order chi connectivity index (χ1) is 14.1. The highest BCUT2D eigenvalue weighted by atomic mass is 32.1. The first kappa shape index (κ1) is 20.1. The van der Waals surface area contributed by atoms with Gasteiger partial charge in [-0.15, -0.1) is 11.3 Å². The number of rotatable bonds is 5. The Balaban J connectivity index is 1.65. The summed E-state index contributed by atoms with van der Waals surface area (Å²) in [6.07, 6.45) is 0. The van der Waals surface area contributed by atoms with Crippen molar-refractivity contribution in [2.24, 2.45) is 5.73 Å². The molecule has 0 radical (unpaired) electrons.